The van der Waals surface area contributed by atoms with Gasteiger partial charge in [0, 0.05) is 18.3 Å². The summed E-state index contributed by atoms with van der Waals surface area (Å²) in [4.78, 5) is 29.5. The molecule has 1 aromatic heterocycles. The van der Waals surface area contributed by atoms with Gasteiger partial charge in [-0.25, -0.2) is 9.78 Å². The fourth-order valence-corrected chi connectivity index (χ4v) is 2.85. The smallest absolute Gasteiger partial charge is 0.326 e. The predicted octanol–water partition coefficient (Wildman–Crippen LogP) is 4.26. The third kappa shape index (κ3) is 3.92. The van der Waals surface area contributed by atoms with E-state index < -0.39 is 12.0 Å². The van der Waals surface area contributed by atoms with Gasteiger partial charge in [0.2, 0.25) is 5.88 Å². The van der Waals surface area contributed by atoms with Crippen molar-refractivity contribution in [3.8, 4) is 11.6 Å². The average Bonchev–Trinajstić information content (AvgIpc) is 3.44. The molecule has 1 aliphatic rings. The molecule has 0 saturated heterocycles. The van der Waals surface area contributed by atoms with Crippen molar-refractivity contribution in [2.75, 3.05) is 0 Å². The van der Waals surface area contributed by atoms with Crippen molar-refractivity contribution < 1.29 is 19.4 Å². The molecule has 8 heteroatoms. The Hall–Kier alpha value is -2.31. The first-order chi connectivity index (χ1) is 12.4. The van der Waals surface area contributed by atoms with Crippen molar-refractivity contribution in [1.82, 2.24) is 9.88 Å². The topological polar surface area (TPSA) is 79.7 Å². The summed E-state index contributed by atoms with van der Waals surface area (Å²) < 4.78 is 5.58. The molecule has 3 rings (SSSR count). The van der Waals surface area contributed by atoms with Gasteiger partial charge in [0.15, 0.2) is 0 Å². The van der Waals surface area contributed by atoms with Crippen LogP contribution < -0.4 is 4.74 Å². The minimum Gasteiger partial charge on any atom is -0.480 e. The molecule has 1 fully saturated rings. The zero-order valence-electron chi connectivity index (χ0n) is 13.9. The lowest BCUT2D eigenvalue weighted by Gasteiger charge is -2.26. The Morgan fingerprint density at radius 2 is 2.00 bits per heavy atom. The summed E-state index contributed by atoms with van der Waals surface area (Å²) >= 11 is 12.0. The van der Waals surface area contributed by atoms with Gasteiger partial charge in [-0.1, -0.05) is 29.3 Å². The van der Waals surface area contributed by atoms with Crippen LogP contribution in [0.2, 0.25) is 10.0 Å². The standard InChI is InChI=1S/C18H16Cl2N2O4/c1-10(18(24)25)22(12-6-7-12)17(23)11-5-8-15(21-9-11)26-14-4-2-3-13(19)16(14)20/h2-5,8-10,12H,6-7H2,1H3,(H,24,25). The zero-order valence-corrected chi connectivity index (χ0v) is 15.4. The van der Waals surface area contributed by atoms with Crippen molar-refractivity contribution in [3.63, 3.8) is 0 Å². The molecular weight excluding hydrogens is 379 g/mol. The first-order valence-electron chi connectivity index (χ1n) is 8.02. The highest BCUT2D eigenvalue weighted by Crippen LogP contribution is 2.34. The highest BCUT2D eigenvalue weighted by molar-refractivity contribution is 6.42. The molecule has 6 nitrogen and oxygen atoms in total. The van der Waals surface area contributed by atoms with E-state index in [9.17, 15) is 14.7 Å². The van der Waals surface area contributed by atoms with Gasteiger partial charge < -0.3 is 14.7 Å². The van der Waals surface area contributed by atoms with Crippen LogP contribution in [0.5, 0.6) is 11.6 Å². The van der Waals surface area contributed by atoms with Crippen LogP contribution in [0.3, 0.4) is 0 Å². The number of pyridine rings is 1. The van der Waals surface area contributed by atoms with E-state index in [0.717, 1.165) is 12.8 Å². The van der Waals surface area contributed by atoms with E-state index in [0.29, 0.717) is 16.3 Å². The molecule has 0 aliphatic heterocycles. The summed E-state index contributed by atoms with van der Waals surface area (Å²) in [5.41, 5.74) is 0.301. The molecule has 26 heavy (non-hydrogen) atoms. The van der Waals surface area contributed by atoms with Gasteiger partial charge >= 0.3 is 5.97 Å². The van der Waals surface area contributed by atoms with E-state index in [2.05, 4.69) is 4.98 Å². The van der Waals surface area contributed by atoms with Gasteiger partial charge in [-0.2, -0.15) is 0 Å². The third-order valence-electron chi connectivity index (χ3n) is 4.06. The Labute approximate surface area is 160 Å². The largest absolute Gasteiger partial charge is 0.480 e. The maximum Gasteiger partial charge on any atom is 0.326 e. The average molecular weight is 395 g/mol. The van der Waals surface area contributed by atoms with Crippen molar-refractivity contribution in [3.05, 3.63) is 52.1 Å². The maximum atomic E-state index is 12.7. The molecule has 0 bridgehead atoms. The number of nitrogens with zero attached hydrogens (tertiary/aromatic N) is 2. The predicted molar refractivity (Wildman–Crippen MR) is 97.1 cm³/mol. The molecule has 136 valence electrons. The van der Waals surface area contributed by atoms with Crippen LogP contribution in [0.1, 0.15) is 30.1 Å². The first kappa shape index (κ1) is 18.5. The Kier molecular flexibility index (Phi) is 5.34. The van der Waals surface area contributed by atoms with E-state index in [4.69, 9.17) is 27.9 Å². The number of aliphatic carboxylic acids is 1. The zero-order chi connectivity index (χ0) is 18.8. The second-order valence-electron chi connectivity index (χ2n) is 6.00. The van der Waals surface area contributed by atoms with Gasteiger partial charge in [0.1, 0.15) is 16.8 Å². The number of carbonyl (C=O) groups is 2. The summed E-state index contributed by atoms with van der Waals surface area (Å²) in [5, 5.41) is 9.86. The Bertz CT molecular complexity index is 838. The molecule has 1 aliphatic carbocycles. The van der Waals surface area contributed by atoms with Crippen LogP contribution in [-0.4, -0.2) is 39.0 Å². The number of aromatic nitrogens is 1. The minimum absolute atomic E-state index is 0.0326. The normalized spacial score (nSPS) is 14.6. The first-order valence-corrected chi connectivity index (χ1v) is 8.77. The highest BCUT2D eigenvalue weighted by Gasteiger charge is 2.38. The molecular formula is C18H16Cl2N2O4. The van der Waals surface area contributed by atoms with E-state index in [1.54, 1.807) is 24.3 Å². The fraction of sp³-hybridized carbons (Fsp3) is 0.278. The Morgan fingerprint density at radius 3 is 2.58 bits per heavy atom. The quantitative estimate of drug-likeness (QED) is 0.791. The monoisotopic (exact) mass is 394 g/mol. The van der Waals surface area contributed by atoms with Gasteiger partial charge in [-0.3, -0.25) is 4.79 Å². The van der Waals surface area contributed by atoms with E-state index in [1.165, 1.54) is 24.1 Å². The van der Waals surface area contributed by atoms with Crippen molar-refractivity contribution in [2.24, 2.45) is 0 Å². The summed E-state index contributed by atoms with van der Waals surface area (Å²) in [6.45, 7) is 1.50. The number of hydrogen-bond acceptors (Lipinski definition) is 4. The van der Waals surface area contributed by atoms with E-state index in [1.807, 2.05) is 0 Å². The van der Waals surface area contributed by atoms with Gasteiger partial charge in [0.05, 0.1) is 10.6 Å². The lowest BCUT2D eigenvalue weighted by Crippen LogP contribution is -2.44. The summed E-state index contributed by atoms with van der Waals surface area (Å²) in [6.07, 6.45) is 2.98. The van der Waals surface area contributed by atoms with Crippen LogP contribution in [0.15, 0.2) is 36.5 Å². The second-order valence-corrected chi connectivity index (χ2v) is 6.78. The van der Waals surface area contributed by atoms with Gasteiger partial charge in [-0.15, -0.1) is 0 Å². The van der Waals surface area contributed by atoms with E-state index >= 15 is 0 Å². The van der Waals surface area contributed by atoms with Crippen molar-refractivity contribution >= 4 is 35.1 Å². The van der Waals surface area contributed by atoms with Crippen molar-refractivity contribution in [1.29, 1.82) is 0 Å². The van der Waals surface area contributed by atoms with E-state index in [-0.39, 0.29) is 22.9 Å². The Balaban J connectivity index is 1.77. The van der Waals surface area contributed by atoms with Gasteiger partial charge in [0.25, 0.3) is 5.91 Å². The minimum atomic E-state index is -1.03. The molecule has 1 unspecified atom stereocenters. The lowest BCUT2D eigenvalue weighted by molar-refractivity contribution is -0.141. The van der Waals surface area contributed by atoms with Crippen molar-refractivity contribution in [2.45, 2.75) is 31.8 Å². The SMILES string of the molecule is CC(C(=O)O)N(C(=O)c1ccc(Oc2cccc(Cl)c2Cl)nc1)C1CC1. The molecule has 1 heterocycles. The number of carbonyl (C=O) groups excluding carboxylic acids is 1. The number of hydrogen-bond donors (Lipinski definition) is 1. The lowest BCUT2D eigenvalue weighted by atomic mass is 10.2. The molecule has 1 amide bonds. The number of ether oxygens (including phenoxy) is 1. The van der Waals surface area contributed by atoms with Crippen LogP contribution in [-0.2, 0) is 4.79 Å². The molecule has 1 saturated carbocycles. The summed E-state index contributed by atoms with van der Waals surface area (Å²) in [5.74, 6) is -0.796. The van der Waals surface area contributed by atoms with Crippen LogP contribution >= 0.6 is 23.2 Å². The molecule has 2 aromatic rings. The molecule has 0 spiro atoms. The summed E-state index contributed by atoms with van der Waals surface area (Å²) in [6, 6.07) is 7.14. The van der Waals surface area contributed by atoms with Crippen LogP contribution in [0.25, 0.3) is 0 Å². The number of carboxylic acid groups (broad SMARTS) is 1. The molecule has 0 radical (unpaired) electrons. The Morgan fingerprint density at radius 1 is 1.27 bits per heavy atom. The molecule has 1 N–H and O–H groups in total. The maximum absolute atomic E-state index is 12.7. The molecule has 1 atom stereocenters. The van der Waals surface area contributed by atoms with Gasteiger partial charge in [-0.05, 0) is 38.0 Å². The third-order valence-corrected chi connectivity index (χ3v) is 4.86. The number of benzene rings is 1. The fourth-order valence-electron chi connectivity index (χ4n) is 2.52. The molecule has 1 aromatic carbocycles. The number of amides is 1. The highest BCUT2D eigenvalue weighted by atomic mass is 35.5. The number of halogens is 2. The van der Waals surface area contributed by atoms with Crippen LogP contribution in [0.4, 0.5) is 0 Å². The number of carboxylic acids is 1. The van der Waals surface area contributed by atoms with Crippen LogP contribution in [0, 0.1) is 0 Å². The number of rotatable bonds is 6. The second kappa shape index (κ2) is 7.51. The summed E-state index contributed by atoms with van der Waals surface area (Å²) in [7, 11) is 0.